The topological polar surface area (TPSA) is 84.8 Å². The lowest BCUT2D eigenvalue weighted by molar-refractivity contribution is -0.115. The van der Waals surface area contributed by atoms with Crippen LogP contribution >= 0.6 is 0 Å². The quantitative estimate of drug-likeness (QED) is 0.491. The summed E-state index contributed by atoms with van der Waals surface area (Å²) in [7, 11) is 0. The Morgan fingerprint density at radius 2 is 2.00 bits per heavy atom. The maximum atomic E-state index is 13.0. The van der Waals surface area contributed by atoms with Crippen molar-refractivity contribution >= 4 is 17.3 Å². The van der Waals surface area contributed by atoms with Crippen LogP contribution in [0, 0.1) is 11.3 Å². The molecule has 3 rings (SSSR count). The number of nitrogens with zero attached hydrogens (tertiary/aromatic N) is 3. The largest absolute Gasteiger partial charge is 0.353 e. The number of nitrogens with one attached hydrogen (secondary N) is 2. The maximum Gasteiger partial charge on any atom is 0.243 e. The van der Waals surface area contributed by atoms with Crippen LogP contribution in [-0.2, 0) is 4.79 Å². The van der Waals surface area contributed by atoms with Crippen LogP contribution in [0.4, 0.5) is 11.4 Å². The first-order valence-corrected chi connectivity index (χ1v) is 10.7. The summed E-state index contributed by atoms with van der Waals surface area (Å²) in [6.45, 7) is 6.55. The normalized spacial score (nSPS) is 11.7. The Balaban J connectivity index is 1.86. The lowest BCUT2D eigenvalue weighted by Crippen LogP contribution is -2.36. The van der Waals surface area contributed by atoms with Crippen LogP contribution in [0.2, 0.25) is 0 Å². The Morgan fingerprint density at radius 1 is 1.23 bits per heavy atom. The van der Waals surface area contributed by atoms with Crippen LogP contribution in [0.3, 0.4) is 0 Å². The molecule has 0 saturated carbocycles. The third kappa shape index (κ3) is 5.73. The second-order valence-electron chi connectivity index (χ2n) is 7.91. The third-order valence-electron chi connectivity index (χ3n) is 5.28. The average Bonchev–Trinajstić information content (AvgIpc) is 3.31. The fourth-order valence-electron chi connectivity index (χ4n) is 3.63. The molecule has 160 valence electrons. The summed E-state index contributed by atoms with van der Waals surface area (Å²) in [6, 6.07) is 17.4. The van der Waals surface area contributed by atoms with Crippen molar-refractivity contribution in [2.24, 2.45) is 0 Å². The molecule has 0 radical (unpaired) electrons. The molecule has 3 aromatic rings. The second kappa shape index (κ2) is 10.4. The van der Waals surface area contributed by atoms with Gasteiger partial charge in [0.1, 0.15) is 0 Å². The zero-order valence-electron chi connectivity index (χ0n) is 18.3. The number of carbonyl (C=O) groups is 1. The molecule has 1 aromatic heterocycles. The first-order valence-electron chi connectivity index (χ1n) is 10.7. The van der Waals surface area contributed by atoms with Crippen LogP contribution in [0.1, 0.15) is 62.4 Å². The van der Waals surface area contributed by atoms with Gasteiger partial charge in [0.25, 0.3) is 0 Å². The van der Waals surface area contributed by atoms with E-state index in [1.165, 1.54) is 5.56 Å². The fourth-order valence-corrected chi connectivity index (χ4v) is 3.63. The Hall–Kier alpha value is -3.59. The van der Waals surface area contributed by atoms with E-state index >= 15 is 0 Å². The Morgan fingerprint density at radius 3 is 2.61 bits per heavy atom. The van der Waals surface area contributed by atoms with E-state index in [0.29, 0.717) is 11.5 Å². The summed E-state index contributed by atoms with van der Waals surface area (Å²) in [6.07, 6.45) is 5.28. The molecule has 6 nitrogen and oxygen atoms in total. The summed E-state index contributed by atoms with van der Waals surface area (Å²) in [5.41, 5.74) is 4.26. The number of imidazole rings is 1. The Labute approximate surface area is 183 Å². The smallest absolute Gasteiger partial charge is 0.243 e. The second-order valence-corrected chi connectivity index (χ2v) is 7.91. The average molecular weight is 416 g/mol. The summed E-state index contributed by atoms with van der Waals surface area (Å²) in [5.74, 6) is 0.326. The van der Waals surface area contributed by atoms with Crippen molar-refractivity contribution in [2.75, 3.05) is 16.8 Å². The van der Waals surface area contributed by atoms with E-state index in [0.717, 1.165) is 29.9 Å². The molecule has 1 atom stereocenters. The number of hydrogen-bond acceptors (Lipinski definition) is 4. The number of hydrogen-bond donors (Lipinski definition) is 2. The van der Waals surface area contributed by atoms with Crippen molar-refractivity contribution in [3.05, 3.63) is 77.9 Å². The molecule has 1 amide bonds. The molecule has 6 heteroatoms. The highest BCUT2D eigenvalue weighted by Gasteiger charge is 2.24. The van der Waals surface area contributed by atoms with E-state index in [2.05, 4.69) is 42.1 Å². The van der Waals surface area contributed by atoms with Gasteiger partial charge >= 0.3 is 0 Å². The van der Waals surface area contributed by atoms with Gasteiger partial charge in [0, 0.05) is 17.6 Å². The summed E-state index contributed by atoms with van der Waals surface area (Å²) in [4.78, 5) is 22.5. The standard InChI is InChI=1S/C25H29N5O/c1-4-6-24(23-15-27-17-28-23)30(22-8-5-7-19(13-22)14-26)16-25(31)29-21-11-9-20(10-12-21)18(2)3/h5,7-13,15,17-18,24H,4,6,16H2,1-3H3,(H,27,28)(H,29,31). The number of aromatic amines is 1. The predicted molar refractivity (Wildman–Crippen MR) is 124 cm³/mol. The summed E-state index contributed by atoms with van der Waals surface area (Å²) >= 11 is 0. The van der Waals surface area contributed by atoms with Crippen LogP contribution in [0.25, 0.3) is 0 Å². The van der Waals surface area contributed by atoms with E-state index in [1.54, 1.807) is 12.4 Å². The highest BCUT2D eigenvalue weighted by Crippen LogP contribution is 2.30. The van der Waals surface area contributed by atoms with Crippen LogP contribution in [0.5, 0.6) is 0 Å². The van der Waals surface area contributed by atoms with Gasteiger partial charge in [-0.1, -0.05) is 45.4 Å². The van der Waals surface area contributed by atoms with Gasteiger partial charge in [0.15, 0.2) is 0 Å². The first-order chi connectivity index (χ1) is 15.0. The monoisotopic (exact) mass is 415 g/mol. The molecule has 0 bridgehead atoms. The lowest BCUT2D eigenvalue weighted by Gasteiger charge is -2.32. The van der Waals surface area contributed by atoms with Gasteiger partial charge in [-0.05, 0) is 48.2 Å². The zero-order chi connectivity index (χ0) is 22.2. The molecule has 0 saturated heterocycles. The van der Waals surface area contributed by atoms with Gasteiger partial charge in [0.2, 0.25) is 5.91 Å². The van der Waals surface area contributed by atoms with Crippen molar-refractivity contribution in [3.8, 4) is 6.07 Å². The number of amides is 1. The highest BCUT2D eigenvalue weighted by atomic mass is 16.2. The molecular weight excluding hydrogens is 386 g/mol. The van der Waals surface area contributed by atoms with E-state index in [9.17, 15) is 10.1 Å². The van der Waals surface area contributed by atoms with Gasteiger partial charge in [-0.2, -0.15) is 5.26 Å². The molecule has 1 unspecified atom stereocenters. The predicted octanol–water partition coefficient (Wildman–Crippen LogP) is 5.39. The minimum atomic E-state index is -0.115. The summed E-state index contributed by atoms with van der Waals surface area (Å²) < 4.78 is 0. The molecule has 2 aromatic carbocycles. The first kappa shape index (κ1) is 22.1. The molecule has 0 aliphatic carbocycles. The number of nitriles is 1. The maximum absolute atomic E-state index is 13.0. The van der Waals surface area contributed by atoms with Crippen molar-refractivity contribution in [1.82, 2.24) is 9.97 Å². The Bertz CT molecular complexity index is 1020. The minimum absolute atomic E-state index is 0.0840. The van der Waals surface area contributed by atoms with E-state index in [1.807, 2.05) is 53.6 Å². The summed E-state index contributed by atoms with van der Waals surface area (Å²) in [5, 5.41) is 12.3. The fraction of sp³-hybridized carbons (Fsp3) is 0.320. The number of aromatic nitrogens is 2. The van der Waals surface area contributed by atoms with Gasteiger partial charge in [0.05, 0.1) is 36.2 Å². The number of anilines is 2. The van der Waals surface area contributed by atoms with E-state index < -0.39 is 0 Å². The number of H-pyrrole nitrogens is 1. The third-order valence-corrected chi connectivity index (χ3v) is 5.28. The van der Waals surface area contributed by atoms with Crippen LogP contribution in [0.15, 0.2) is 61.1 Å². The van der Waals surface area contributed by atoms with Crippen molar-refractivity contribution < 1.29 is 4.79 Å². The lowest BCUT2D eigenvalue weighted by atomic mass is 10.0. The van der Waals surface area contributed by atoms with Crippen LogP contribution in [-0.4, -0.2) is 22.4 Å². The van der Waals surface area contributed by atoms with E-state index in [4.69, 9.17) is 0 Å². The van der Waals surface area contributed by atoms with Crippen molar-refractivity contribution in [3.63, 3.8) is 0 Å². The van der Waals surface area contributed by atoms with Crippen molar-refractivity contribution in [1.29, 1.82) is 5.26 Å². The van der Waals surface area contributed by atoms with Crippen molar-refractivity contribution in [2.45, 2.75) is 45.6 Å². The molecule has 0 aliphatic heterocycles. The number of benzene rings is 2. The molecule has 31 heavy (non-hydrogen) atoms. The van der Waals surface area contributed by atoms with Crippen LogP contribution < -0.4 is 10.2 Å². The molecule has 1 heterocycles. The minimum Gasteiger partial charge on any atom is -0.353 e. The van der Waals surface area contributed by atoms with Gasteiger partial charge in [-0.15, -0.1) is 0 Å². The molecule has 0 aliphatic rings. The molecular formula is C25H29N5O. The molecule has 2 N–H and O–H groups in total. The van der Waals surface area contributed by atoms with Gasteiger partial charge in [-0.25, -0.2) is 4.98 Å². The number of carbonyl (C=O) groups excluding carboxylic acids is 1. The Kier molecular flexibility index (Phi) is 7.45. The van der Waals surface area contributed by atoms with Gasteiger partial charge in [-0.3, -0.25) is 4.79 Å². The molecule has 0 spiro atoms. The van der Waals surface area contributed by atoms with Gasteiger partial charge < -0.3 is 15.2 Å². The number of rotatable bonds is 9. The van der Waals surface area contributed by atoms with E-state index in [-0.39, 0.29) is 18.5 Å². The zero-order valence-corrected chi connectivity index (χ0v) is 18.3. The SMILES string of the molecule is CCCC(c1c[nH]cn1)N(CC(=O)Nc1ccc(C(C)C)cc1)c1cccc(C#N)c1. The molecule has 0 fully saturated rings. The highest BCUT2D eigenvalue weighted by molar-refractivity contribution is 5.94.